The van der Waals surface area contributed by atoms with E-state index in [0.29, 0.717) is 69.9 Å². The van der Waals surface area contributed by atoms with E-state index in [9.17, 15) is 19.8 Å². The molecule has 0 spiro atoms. The zero-order valence-corrected chi connectivity index (χ0v) is 26.5. The number of carbonyl (C=O) groups is 2. The fourth-order valence-corrected chi connectivity index (χ4v) is 6.31. The Morgan fingerprint density at radius 1 is 1.16 bits per heavy atom. The van der Waals surface area contributed by atoms with Crippen molar-refractivity contribution in [3.63, 3.8) is 0 Å². The van der Waals surface area contributed by atoms with Crippen LogP contribution in [0.5, 0.6) is 17.2 Å². The number of rotatable bonds is 11. The number of benzene rings is 1. The number of hydrogen-bond donors (Lipinski definition) is 3. The molecule has 2 aliphatic heterocycles. The van der Waals surface area contributed by atoms with Gasteiger partial charge in [-0.2, -0.15) is 0 Å². The third kappa shape index (κ3) is 6.06. The second-order valence-corrected chi connectivity index (χ2v) is 18.5. The van der Waals surface area contributed by atoms with Gasteiger partial charge in [0.05, 0.1) is 41.9 Å². The molecule has 2 atom stereocenters. The minimum Gasteiger partial charge on any atom is -0.492 e. The molecule has 2 amide bonds. The van der Waals surface area contributed by atoms with Crippen molar-refractivity contribution in [2.24, 2.45) is 5.92 Å². The summed E-state index contributed by atoms with van der Waals surface area (Å²) in [7, 11) is -1.35. The molecule has 236 valence electrons. The highest BCUT2D eigenvalue weighted by atomic mass is 28.3. The number of aromatic nitrogens is 3. The molecule has 2 unspecified atom stereocenters. The summed E-state index contributed by atoms with van der Waals surface area (Å²) < 4.78 is 26.0. The van der Waals surface area contributed by atoms with E-state index in [4.69, 9.17) is 23.9 Å². The average molecular weight is 626 g/mol. The van der Waals surface area contributed by atoms with Gasteiger partial charge in [-0.1, -0.05) is 19.6 Å². The lowest BCUT2D eigenvalue weighted by atomic mass is 10.1. The maximum Gasteiger partial charge on any atom is 0.407 e. The van der Waals surface area contributed by atoms with Gasteiger partial charge in [-0.15, -0.1) is 0 Å². The van der Waals surface area contributed by atoms with Crippen LogP contribution in [0.1, 0.15) is 28.9 Å². The second-order valence-electron chi connectivity index (χ2n) is 12.9. The molecule has 3 aliphatic rings. The molecule has 1 saturated heterocycles. The first-order chi connectivity index (χ1) is 21.0. The molecule has 2 fully saturated rings. The summed E-state index contributed by atoms with van der Waals surface area (Å²) in [5.74, 6) is 1.72. The number of aliphatic hydroxyl groups excluding tert-OH is 1. The summed E-state index contributed by atoms with van der Waals surface area (Å²) in [4.78, 5) is 35.7. The maximum absolute atomic E-state index is 13.9. The number of likely N-dealkylation sites (tertiary alicyclic amines) is 1. The molecular weight excluding hydrogens is 586 g/mol. The highest BCUT2D eigenvalue weighted by molar-refractivity contribution is 6.76. The molecule has 44 heavy (non-hydrogen) atoms. The number of aliphatic hydroxyl groups is 1. The quantitative estimate of drug-likeness (QED) is 0.212. The number of amides is 2. The standard InChI is InChI=1S/C30H39N5O8Si/c1-17-23(29(37)33-19-11-34(30(38)39)12-20(19)36)25-27(35(17)15-40-9-10-44(2,3)4)26(32-14-31-25)24-21(41-13-18-5-6-18)7-8-22-28(24)43-16-42-22/h7-8,14,18-20,36H,5-6,9-13,15-16H2,1-4H3,(H,33,37)(H,38,39). The topological polar surface area (TPSA) is 158 Å². The highest BCUT2D eigenvalue weighted by Gasteiger charge is 2.37. The first-order valence-electron chi connectivity index (χ1n) is 15.0. The van der Waals surface area contributed by atoms with Crippen LogP contribution >= 0.6 is 0 Å². The summed E-state index contributed by atoms with van der Waals surface area (Å²) in [5.41, 5.74) is 2.98. The largest absolute Gasteiger partial charge is 0.492 e. The van der Waals surface area contributed by atoms with Crippen LogP contribution < -0.4 is 19.5 Å². The number of ether oxygens (including phenoxy) is 4. The van der Waals surface area contributed by atoms with Crippen LogP contribution in [0.2, 0.25) is 25.7 Å². The lowest BCUT2D eigenvalue weighted by molar-refractivity contribution is 0.0865. The van der Waals surface area contributed by atoms with Crippen LogP contribution in [0, 0.1) is 12.8 Å². The molecule has 3 N–H and O–H groups in total. The molecule has 1 saturated carbocycles. The lowest BCUT2D eigenvalue weighted by Gasteiger charge is -2.18. The van der Waals surface area contributed by atoms with Gasteiger partial charge in [0.2, 0.25) is 6.79 Å². The van der Waals surface area contributed by atoms with Gasteiger partial charge in [-0.25, -0.2) is 14.8 Å². The average Bonchev–Trinajstić information content (AvgIpc) is 3.42. The van der Waals surface area contributed by atoms with Crippen molar-refractivity contribution < 1.29 is 38.7 Å². The van der Waals surface area contributed by atoms with Gasteiger partial charge in [0.1, 0.15) is 30.0 Å². The smallest absolute Gasteiger partial charge is 0.407 e. The minimum atomic E-state index is -1.35. The van der Waals surface area contributed by atoms with E-state index >= 15 is 0 Å². The van der Waals surface area contributed by atoms with E-state index in [-0.39, 0.29) is 26.6 Å². The van der Waals surface area contributed by atoms with E-state index in [1.54, 1.807) is 0 Å². The monoisotopic (exact) mass is 625 g/mol. The van der Waals surface area contributed by atoms with Crippen LogP contribution in [-0.2, 0) is 11.5 Å². The molecule has 0 radical (unpaired) electrons. The molecule has 3 aromatic rings. The number of fused-ring (bicyclic) bond motifs is 2. The number of hydrogen-bond acceptors (Lipinski definition) is 9. The van der Waals surface area contributed by atoms with Crippen LogP contribution in [0.4, 0.5) is 4.79 Å². The Kier molecular flexibility index (Phi) is 8.15. The van der Waals surface area contributed by atoms with Crippen molar-refractivity contribution in [2.75, 3.05) is 33.1 Å². The highest BCUT2D eigenvalue weighted by Crippen LogP contribution is 2.49. The van der Waals surface area contributed by atoms with E-state index in [0.717, 1.165) is 23.8 Å². The van der Waals surface area contributed by atoms with Crippen molar-refractivity contribution in [1.29, 1.82) is 0 Å². The van der Waals surface area contributed by atoms with Crippen LogP contribution in [0.15, 0.2) is 18.5 Å². The van der Waals surface area contributed by atoms with Crippen molar-refractivity contribution in [3.05, 3.63) is 29.7 Å². The Hall–Kier alpha value is -3.88. The van der Waals surface area contributed by atoms with Gasteiger partial charge < -0.3 is 43.9 Å². The van der Waals surface area contributed by atoms with Crippen molar-refractivity contribution >= 4 is 31.1 Å². The number of carbonyl (C=O) groups excluding carboxylic acids is 1. The summed E-state index contributed by atoms with van der Waals surface area (Å²) in [5, 5.41) is 22.7. The van der Waals surface area contributed by atoms with Gasteiger partial charge in [0.25, 0.3) is 5.91 Å². The molecular formula is C30H39N5O8Si. The third-order valence-electron chi connectivity index (χ3n) is 8.32. The second kappa shape index (κ2) is 11.9. The maximum atomic E-state index is 13.9. The summed E-state index contributed by atoms with van der Waals surface area (Å²) in [6.45, 7) is 9.92. The van der Waals surface area contributed by atoms with Gasteiger partial charge in [0, 0.05) is 26.9 Å². The van der Waals surface area contributed by atoms with Gasteiger partial charge in [-0.05, 0) is 43.9 Å². The summed E-state index contributed by atoms with van der Waals surface area (Å²) in [6.07, 6.45) is 1.48. The first kappa shape index (κ1) is 30.2. The van der Waals surface area contributed by atoms with Crippen LogP contribution in [0.3, 0.4) is 0 Å². The molecule has 1 aromatic carbocycles. The van der Waals surface area contributed by atoms with E-state index in [1.165, 1.54) is 6.33 Å². The number of nitrogens with zero attached hydrogens (tertiary/aromatic N) is 4. The van der Waals surface area contributed by atoms with Gasteiger partial charge in [-0.3, -0.25) is 4.79 Å². The van der Waals surface area contributed by atoms with E-state index < -0.39 is 32.2 Å². The Labute approximate surface area is 256 Å². The molecule has 4 heterocycles. The predicted octanol–water partition coefficient (Wildman–Crippen LogP) is 3.69. The molecule has 0 bridgehead atoms. The van der Waals surface area contributed by atoms with Gasteiger partial charge >= 0.3 is 6.09 Å². The molecule has 6 rings (SSSR count). The van der Waals surface area contributed by atoms with Crippen molar-refractivity contribution in [2.45, 2.75) is 64.3 Å². The Morgan fingerprint density at radius 2 is 1.95 bits per heavy atom. The molecule has 13 nitrogen and oxygen atoms in total. The predicted molar refractivity (Wildman–Crippen MR) is 163 cm³/mol. The molecule has 2 aromatic heterocycles. The Morgan fingerprint density at radius 3 is 2.66 bits per heavy atom. The summed E-state index contributed by atoms with van der Waals surface area (Å²) in [6, 6.07) is 3.88. The molecule has 1 aliphatic carbocycles. The number of carboxylic acid groups (broad SMARTS) is 1. The van der Waals surface area contributed by atoms with Crippen molar-refractivity contribution in [1.82, 2.24) is 24.8 Å². The SMILES string of the molecule is Cc1c(C(=O)NC2CN(C(=O)O)CC2O)c2ncnc(-c3c(OCC4CC4)ccc4c3OCO4)c2n1COCC[Si](C)(C)C. The normalized spacial score (nSPS) is 19.5. The fraction of sp³-hybridized carbons (Fsp3) is 0.533. The number of nitrogens with one attached hydrogen (secondary N) is 1. The lowest BCUT2D eigenvalue weighted by Crippen LogP contribution is -2.43. The Bertz CT molecular complexity index is 1580. The van der Waals surface area contributed by atoms with Gasteiger partial charge in [0.15, 0.2) is 11.5 Å². The van der Waals surface area contributed by atoms with Crippen LogP contribution in [-0.4, -0.2) is 95.0 Å². The van der Waals surface area contributed by atoms with E-state index in [1.807, 2.05) is 23.6 Å². The Balaban J connectivity index is 1.43. The van der Waals surface area contributed by atoms with E-state index in [2.05, 4.69) is 29.9 Å². The van der Waals surface area contributed by atoms with Crippen molar-refractivity contribution in [3.8, 4) is 28.5 Å². The minimum absolute atomic E-state index is 0.0187. The molecule has 14 heteroatoms. The third-order valence-corrected chi connectivity index (χ3v) is 10.0. The fourth-order valence-electron chi connectivity index (χ4n) is 5.56. The first-order valence-corrected chi connectivity index (χ1v) is 18.7. The zero-order chi connectivity index (χ0) is 31.2. The number of β-amino-alcohol motifs (C(OH)–C–C–N with tert-alkyl or cyclic N) is 1. The zero-order valence-electron chi connectivity index (χ0n) is 25.5. The summed E-state index contributed by atoms with van der Waals surface area (Å²) >= 11 is 0. The van der Waals surface area contributed by atoms with Crippen LogP contribution in [0.25, 0.3) is 22.3 Å².